The van der Waals surface area contributed by atoms with Gasteiger partial charge < -0.3 is 0 Å². The molecule has 2 fully saturated rings. The van der Waals surface area contributed by atoms with E-state index in [2.05, 4.69) is 6.07 Å². The van der Waals surface area contributed by atoms with Crippen LogP contribution in [0.2, 0.25) is 0 Å². The predicted octanol–water partition coefficient (Wildman–Crippen LogP) is 2.30. The molecule has 0 aliphatic heterocycles. The summed E-state index contributed by atoms with van der Waals surface area (Å²) in [4.78, 5) is 0.551. The lowest BCUT2D eigenvalue weighted by Gasteiger charge is -2.08. The molecule has 1 radical (unpaired) electrons. The van der Waals surface area contributed by atoms with Crippen molar-refractivity contribution in [1.29, 1.82) is 0 Å². The SMILES string of the molecule is O=S(=O)(c1c[c]ccc1C1CC1)C1CC1. The van der Waals surface area contributed by atoms with Gasteiger partial charge >= 0.3 is 0 Å². The summed E-state index contributed by atoms with van der Waals surface area (Å²) >= 11 is 0. The Morgan fingerprint density at radius 3 is 2.53 bits per heavy atom. The molecule has 3 heteroatoms. The molecule has 0 N–H and O–H groups in total. The van der Waals surface area contributed by atoms with Gasteiger partial charge in [-0.2, -0.15) is 0 Å². The fourth-order valence-electron chi connectivity index (χ4n) is 1.96. The van der Waals surface area contributed by atoms with Gasteiger partial charge in [-0.1, -0.05) is 12.1 Å². The maximum atomic E-state index is 12.1. The van der Waals surface area contributed by atoms with Gasteiger partial charge in [0, 0.05) is 0 Å². The third kappa shape index (κ3) is 1.59. The summed E-state index contributed by atoms with van der Waals surface area (Å²) in [6, 6.07) is 8.29. The van der Waals surface area contributed by atoms with Crippen molar-refractivity contribution in [1.82, 2.24) is 0 Å². The first kappa shape index (κ1) is 9.40. The Morgan fingerprint density at radius 2 is 1.93 bits per heavy atom. The topological polar surface area (TPSA) is 34.1 Å². The highest BCUT2D eigenvalue weighted by Crippen LogP contribution is 2.45. The van der Waals surface area contributed by atoms with E-state index in [1.807, 2.05) is 12.1 Å². The van der Waals surface area contributed by atoms with Crippen LogP contribution in [0.4, 0.5) is 0 Å². The van der Waals surface area contributed by atoms with Crippen molar-refractivity contribution in [2.45, 2.75) is 41.7 Å². The molecule has 0 saturated heterocycles. The van der Waals surface area contributed by atoms with Crippen molar-refractivity contribution in [3.05, 3.63) is 29.8 Å². The lowest BCUT2D eigenvalue weighted by Crippen LogP contribution is -2.09. The summed E-state index contributed by atoms with van der Waals surface area (Å²) < 4.78 is 24.3. The van der Waals surface area contributed by atoms with Crippen LogP contribution in [-0.4, -0.2) is 13.7 Å². The Bertz CT molecular complexity index is 482. The molecule has 2 aliphatic carbocycles. The zero-order valence-corrected chi connectivity index (χ0v) is 9.26. The molecule has 0 aromatic heterocycles. The van der Waals surface area contributed by atoms with Crippen molar-refractivity contribution in [2.24, 2.45) is 0 Å². The summed E-state index contributed by atoms with van der Waals surface area (Å²) in [6.07, 6.45) is 3.94. The Hall–Kier alpha value is -0.830. The quantitative estimate of drug-likeness (QED) is 0.784. The molecule has 15 heavy (non-hydrogen) atoms. The van der Waals surface area contributed by atoms with Crippen LogP contribution in [0, 0.1) is 6.07 Å². The first-order valence-electron chi connectivity index (χ1n) is 5.43. The Balaban J connectivity index is 2.10. The summed E-state index contributed by atoms with van der Waals surface area (Å²) in [6.45, 7) is 0. The fraction of sp³-hybridized carbons (Fsp3) is 0.500. The lowest BCUT2D eigenvalue weighted by molar-refractivity contribution is 0.593. The summed E-state index contributed by atoms with van der Waals surface area (Å²) in [5.41, 5.74) is 1.03. The van der Waals surface area contributed by atoms with Crippen molar-refractivity contribution in [3.8, 4) is 0 Å². The van der Waals surface area contributed by atoms with Crippen LogP contribution in [0.25, 0.3) is 0 Å². The van der Waals surface area contributed by atoms with Gasteiger partial charge in [0.15, 0.2) is 9.84 Å². The highest BCUT2D eigenvalue weighted by Gasteiger charge is 2.39. The van der Waals surface area contributed by atoms with E-state index in [-0.39, 0.29) is 5.25 Å². The summed E-state index contributed by atoms with van der Waals surface area (Å²) in [7, 11) is -3.03. The molecule has 0 heterocycles. The Morgan fingerprint density at radius 1 is 1.20 bits per heavy atom. The summed E-state index contributed by atoms with van der Waals surface area (Å²) in [5.74, 6) is 0.489. The van der Waals surface area contributed by atoms with Gasteiger partial charge in [-0.25, -0.2) is 8.42 Å². The van der Waals surface area contributed by atoms with Crippen LogP contribution in [0.3, 0.4) is 0 Å². The number of hydrogen-bond acceptors (Lipinski definition) is 2. The van der Waals surface area contributed by atoms with Gasteiger partial charge in [0.1, 0.15) is 0 Å². The van der Waals surface area contributed by atoms with E-state index < -0.39 is 9.84 Å². The van der Waals surface area contributed by atoms with Gasteiger partial charge in [-0.05, 0) is 49.3 Å². The van der Waals surface area contributed by atoms with E-state index in [1.54, 1.807) is 6.07 Å². The predicted molar refractivity (Wildman–Crippen MR) is 57.5 cm³/mol. The van der Waals surface area contributed by atoms with Gasteiger partial charge in [-0.3, -0.25) is 0 Å². The van der Waals surface area contributed by atoms with Crippen LogP contribution in [0.5, 0.6) is 0 Å². The van der Waals surface area contributed by atoms with E-state index in [0.717, 1.165) is 31.2 Å². The second-order valence-corrected chi connectivity index (χ2v) is 6.68. The maximum Gasteiger partial charge on any atom is 0.181 e. The van der Waals surface area contributed by atoms with E-state index in [0.29, 0.717) is 10.8 Å². The van der Waals surface area contributed by atoms with E-state index >= 15 is 0 Å². The largest absolute Gasteiger partial charge is 0.223 e. The summed E-state index contributed by atoms with van der Waals surface area (Å²) in [5, 5.41) is -0.106. The van der Waals surface area contributed by atoms with Gasteiger partial charge in [0.05, 0.1) is 10.1 Å². The average Bonchev–Trinajstić information content (AvgIpc) is 3.06. The maximum absolute atomic E-state index is 12.1. The monoisotopic (exact) mass is 221 g/mol. The first-order chi connectivity index (χ1) is 7.19. The highest BCUT2D eigenvalue weighted by atomic mass is 32.2. The third-order valence-corrected chi connectivity index (χ3v) is 5.46. The highest BCUT2D eigenvalue weighted by molar-refractivity contribution is 7.92. The zero-order chi connectivity index (χ0) is 10.5. The van der Waals surface area contributed by atoms with Crippen molar-refractivity contribution in [2.75, 3.05) is 0 Å². The van der Waals surface area contributed by atoms with Crippen LogP contribution in [0.15, 0.2) is 23.1 Å². The zero-order valence-electron chi connectivity index (χ0n) is 8.44. The van der Waals surface area contributed by atoms with Gasteiger partial charge in [-0.15, -0.1) is 0 Å². The Labute approximate surface area is 90.2 Å². The molecule has 1 aromatic carbocycles. The molecule has 0 bridgehead atoms. The molecular formula is C12H13O2S. The molecule has 1 aromatic rings. The van der Waals surface area contributed by atoms with Crippen LogP contribution in [-0.2, 0) is 9.84 Å². The average molecular weight is 221 g/mol. The third-order valence-electron chi connectivity index (χ3n) is 3.14. The van der Waals surface area contributed by atoms with E-state index in [9.17, 15) is 8.42 Å². The number of sulfone groups is 1. The number of rotatable bonds is 3. The molecule has 2 nitrogen and oxygen atoms in total. The molecule has 0 amide bonds. The smallest absolute Gasteiger partial charge is 0.181 e. The standard InChI is InChI=1S/C12H13O2S/c13-15(14,10-7-8-10)12-4-2-1-3-11(12)9-5-6-9/h1,3-4,9-10H,5-8H2. The van der Waals surface area contributed by atoms with Crippen molar-refractivity contribution < 1.29 is 8.42 Å². The van der Waals surface area contributed by atoms with Gasteiger partial charge in [0.25, 0.3) is 0 Å². The second-order valence-electron chi connectivity index (χ2n) is 4.48. The number of benzene rings is 1. The molecule has 2 saturated carbocycles. The Kier molecular flexibility index (Phi) is 1.93. The van der Waals surface area contributed by atoms with Crippen LogP contribution in [0.1, 0.15) is 37.2 Å². The molecular weight excluding hydrogens is 208 g/mol. The molecule has 79 valence electrons. The number of hydrogen-bond donors (Lipinski definition) is 0. The van der Waals surface area contributed by atoms with Crippen LogP contribution < -0.4 is 0 Å². The normalized spacial score (nSPS) is 21.6. The van der Waals surface area contributed by atoms with E-state index in [4.69, 9.17) is 0 Å². The minimum atomic E-state index is -3.03. The van der Waals surface area contributed by atoms with Crippen LogP contribution >= 0.6 is 0 Å². The molecule has 0 spiro atoms. The van der Waals surface area contributed by atoms with Crippen molar-refractivity contribution in [3.63, 3.8) is 0 Å². The molecule has 3 rings (SSSR count). The first-order valence-corrected chi connectivity index (χ1v) is 6.98. The molecule has 0 atom stereocenters. The lowest BCUT2D eigenvalue weighted by atomic mass is 10.1. The van der Waals surface area contributed by atoms with Crippen molar-refractivity contribution >= 4 is 9.84 Å². The minimum Gasteiger partial charge on any atom is -0.223 e. The molecule has 0 unspecified atom stereocenters. The van der Waals surface area contributed by atoms with E-state index in [1.165, 1.54) is 0 Å². The fourth-order valence-corrected chi connectivity index (χ4v) is 3.87. The minimum absolute atomic E-state index is 0.106. The molecule has 2 aliphatic rings. The van der Waals surface area contributed by atoms with Gasteiger partial charge in [0.2, 0.25) is 0 Å². The second kappa shape index (κ2) is 3.08.